The fourth-order valence-corrected chi connectivity index (χ4v) is 9.23. The maximum Gasteiger partial charge on any atom is 0.159 e. The predicted molar refractivity (Wildman–Crippen MR) is 128 cm³/mol. The number of fused-ring (bicyclic) bond motifs is 6. The van der Waals surface area contributed by atoms with E-state index in [4.69, 9.17) is 0 Å². The number of benzene rings is 1. The number of hydrogen-bond donors (Lipinski definition) is 1. The normalized spacial score (nSPS) is 43.9. The quantitative estimate of drug-likeness (QED) is 0.643. The molecule has 0 aliphatic heterocycles. The zero-order valence-electron chi connectivity index (χ0n) is 20.8. The maximum atomic E-state index is 14.1. The van der Waals surface area contributed by atoms with Gasteiger partial charge in [0.05, 0.1) is 5.60 Å². The van der Waals surface area contributed by atoms with E-state index in [0.29, 0.717) is 28.7 Å². The second-order valence-corrected chi connectivity index (χ2v) is 12.8. The molecule has 5 nitrogen and oxygen atoms in total. The van der Waals surface area contributed by atoms with Gasteiger partial charge in [0.15, 0.2) is 11.6 Å². The minimum atomic E-state index is -0.501. The highest BCUT2D eigenvalue weighted by atomic mass is 19.1. The minimum Gasteiger partial charge on any atom is -0.390 e. The molecule has 0 saturated heterocycles. The monoisotopic (exact) mass is 467 g/mol. The van der Waals surface area contributed by atoms with Gasteiger partial charge in [-0.1, -0.05) is 19.9 Å². The van der Waals surface area contributed by atoms with Crippen molar-refractivity contribution in [2.24, 2.45) is 40.4 Å². The molecule has 6 rings (SSSR count). The molecule has 184 valence electrons. The molecule has 0 bridgehead atoms. The Hall–Kier alpha value is -1.82. The second-order valence-electron chi connectivity index (χ2n) is 12.8. The van der Waals surface area contributed by atoms with E-state index < -0.39 is 11.4 Å². The van der Waals surface area contributed by atoms with E-state index in [1.807, 2.05) is 6.92 Å². The molecule has 34 heavy (non-hydrogen) atoms. The third-order valence-electron chi connectivity index (χ3n) is 11.0. The number of halogens is 1. The number of rotatable bonds is 3. The van der Waals surface area contributed by atoms with Crippen LogP contribution in [0, 0.1) is 46.2 Å². The highest BCUT2D eigenvalue weighted by molar-refractivity contribution is 5.82. The van der Waals surface area contributed by atoms with Crippen LogP contribution >= 0.6 is 0 Å². The smallest absolute Gasteiger partial charge is 0.159 e. The van der Waals surface area contributed by atoms with E-state index in [1.165, 1.54) is 30.1 Å². The summed E-state index contributed by atoms with van der Waals surface area (Å²) in [5.74, 6) is 2.49. The number of aromatic nitrogens is 3. The first-order valence-electron chi connectivity index (χ1n) is 13.4. The van der Waals surface area contributed by atoms with E-state index in [2.05, 4.69) is 24.0 Å². The molecule has 8 atom stereocenters. The molecule has 6 heteroatoms. The molecule has 1 aromatic carbocycles. The Morgan fingerprint density at radius 2 is 1.82 bits per heavy atom. The summed E-state index contributed by atoms with van der Waals surface area (Å²) < 4.78 is 14.1. The van der Waals surface area contributed by atoms with Crippen molar-refractivity contribution >= 4 is 16.8 Å². The molecule has 1 N–H and O–H groups in total. The molecule has 0 amide bonds. The summed E-state index contributed by atoms with van der Waals surface area (Å²) in [6.07, 6.45) is 9.85. The van der Waals surface area contributed by atoms with Crippen LogP contribution in [0.15, 0.2) is 18.2 Å². The van der Waals surface area contributed by atoms with Crippen LogP contribution in [-0.2, 0) is 11.3 Å². The zero-order chi connectivity index (χ0) is 23.9. The summed E-state index contributed by atoms with van der Waals surface area (Å²) in [5, 5.41) is 19.4. The van der Waals surface area contributed by atoms with Gasteiger partial charge in [-0.25, -0.2) is 4.39 Å². The first-order valence-corrected chi connectivity index (χ1v) is 13.4. The van der Waals surface area contributed by atoms with E-state index >= 15 is 0 Å². The summed E-state index contributed by atoms with van der Waals surface area (Å²) >= 11 is 0. The standard InChI is InChI=1S/C28H38FN3O2/c1-26(34)13-14-27(2)17(15-26)7-8-18-19-9-10-21(28(19,3)12-11-20(18)27)24(33)16-32-30-23-6-4-5-22(29)25(23)31-32/h4-6,17-21,34H,7-16H2,1-3H3/t17-,18+,19+,20+,21-,26-,27+,28+/m1/s1. The molecule has 4 aliphatic carbocycles. The summed E-state index contributed by atoms with van der Waals surface area (Å²) in [6.45, 7) is 7.03. The highest BCUT2D eigenvalue weighted by Crippen LogP contribution is 2.68. The van der Waals surface area contributed by atoms with Crippen LogP contribution in [0.4, 0.5) is 4.39 Å². The van der Waals surface area contributed by atoms with E-state index in [1.54, 1.807) is 12.1 Å². The molecular weight excluding hydrogens is 429 g/mol. The number of Topliss-reactive ketones (excluding diaryl/α,β-unsaturated/α-hetero) is 1. The summed E-state index contributed by atoms with van der Waals surface area (Å²) in [5.41, 5.74) is 0.610. The molecule has 0 radical (unpaired) electrons. The lowest BCUT2D eigenvalue weighted by molar-refractivity contribution is -0.151. The van der Waals surface area contributed by atoms with Gasteiger partial charge in [0.2, 0.25) is 0 Å². The Morgan fingerprint density at radius 1 is 1.03 bits per heavy atom. The van der Waals surface area contributed by atoms with Crippen LogP contribution in [-0.4, -0.2) is 31.5 Å². The molecule has 1 aromatic heterocycles. The van der Waals surface area contributed by atoms with Crippen LogP contribution in [0.3, 0.4) is 0 Å². The molecule has 0 unspecified atom stereocenters. The summed E-state index contributed by atoms with van der Waals surface area (Å²) in [6, 6.07) is 4.75. The lowest BCUT2D eigenvalue weighted by atomic mass is 9.44. The molecule has 4 saturated carbocycles. The van der Waals surface area contributed by atoms with Crippen molar-refractivity contribution in [3.8, 4) is 0 Å². The highest BCUT2D eigenvalue weighted by Gasteiger charge is 2.61. The Labute approximate surface area is 201 Å². The molecule has 2 aromatic rings. The number of ketones is 1. The first-order chi connectivity index (χ1) is 16.1. The van der Waals surface area contributed by atoms with Crippen molar-refractivity contribution in [1.82, 2.24) is 15.0 Å². The van der Waals surface area contributed by atoms with Crippen molar-refractivity contribution in [2.45, 2.75) is 90.7 Å². The molecule has 0 spiro atoms. The summed E-state index contributed by atoms with van der Waals surface area (Å²) in [4.78, 5) is 14.9. The zero-order valence-corrected chi connectivity index (χ0v) is 20.8. The van der Waals surface area contributed by atoms with Crippen LogP contribution in [0.25, 0.3) is 11.0 Å². The van der Waals surface area contributed by atoms with Gasteiger partial charge in [0, 0.05) is 5.92 Å². The van der Waals surface area contributed by atoms with E-state index in [-0.39, 0.29) is 29.2 Å². The SMILES string of the molecule is C[C@@]1(O)CC[C@@]2(C)[C@H](CC[C@@H]3[C@@H]2CC[C@]2(C)[C@@H](C(=O)Cn4nc5cccc(F)c5n4)CC[C@@H]32)C1. The van der Waals surface area contributed by atoms with Gasteiger partial charge in [-0.15, -0.1) is 5.10 Å². The van der Waals surface area contributed by atoms with Gasteiger partial charge < -0.3 is 5.11 Å². The Bertz CT molecular complexity index is 1130. The predicted octanol–water partition coefficient (Wildman–Crippen LogP) is 5.55. The van der Waals surface area contributed by atoms with Crippen molar-refractivity contribution < 1.29 is 14.3 Å². The Balaban J connectivity index is 1.21. The lowest BCUT2D eigenvalue weighted by Gasteiger charge is -2.61. The number of aliphatic hydroxyl groups is 1. The van der Waals surface area contributed by atoms with Gasteiger partial charge >= 0.3 is 0 Å². The van der Waals surface area contributed by atoms with Gasteiger partial charge in [-0.05, 0) is 111 Å². The Morgan fingerprint density at radius 3 is 2.62 bits per heavy atom. The van der Waals surface area contributed by atoms with Gasteiger partial charge in [-0.2, -0.15) is 9.90 Å². The average Bonchev–Trinajstić information content (AvgIpc) is 3.35. The largest absolute Gasteiger partial charge is 0.390 e. The maximum absolute atomic E-state index is 14.1. The molecule has 4 fully saturated rings. The minimum absolute atomic E-state index is 0.0371. The van der Waals surface area contributed by atoms with Gasteiger partial charge in [0.25, 0.3) is 0 Å². The fourth-order valence-electron chi connectivity index (χ4n) is 9.23. The van der Waals surface area contributed by atoms with Crippen LogP contribution in [0.2, 0.25) is 0 Å². The lowest BCUT2D eigenvalue weighted by Crippen LogP contribution is -2.55. The van der Waals surface area contributed by atoms with Crippen molar-refractivity contribution in [3.05, 3.63) is 24.0 Å². The number of carbonyl (C=O) groups excluding carboxylic acids is 1. The van der Waals surface area contributed by atoms with E-state index in [0.717, 1.165) is 44.4 Å². The van der Waals surface area contributed by atoms with Crippen LogP contribution in [0.1, 0.15) is 78.6 Å². The molecular formula is C28H38FN3O2. The third kappa shape index (κ3) is 3.30. The Kier molecular flexibility index (Phi) is 5.05. The first kappa shape index (κ1) is 22.6. The van der Waals surface area contributed by atoms with Gasteiger partial charge in [-0.3, -0.25) is 4.79 Å². The van der Waals surface area contributed by atoms with Crippen molar-refractivity contribution in [2.75, 3.05) is 0 Å². The second kappa shape index (κ2) is 7.59. The average molecular weight is 468 g/mol. The van der Waals surface area contributed by atoms with Gasteiger partial charge in [0.1, 0.15) is 17.6 Å². The van der Waals surface area contributed by atoms with Crippen LogP contribution < -0.4 is 0 Å². The number of hydrogen-bond acceptors (Lipinski definition) is 4. The molecule has 4 aliphatic rings. The number of nitrogens with zero attached hydrogens (tertiary/aromatic N) is 3. The van der Waals surface area contributed by atoms with Crippen molar-refractivity contribution in [3.63, 3.8) is 0 Å². The topological polar surface area (TPSA) is 68.0 Å². The van der Waals surface area contributed by atoms with Crippen LogP contribution in [0.5, 0.6) is 0 Å². The third-order valence-corrected chi connectivity index (χ3v) is 11.0. The van der Waals surface area contributed by atoms with E-state index in [9.17, 15) is 14.3 Å². The van der Waals surface area contributed by atoms with Crippen molar-refractivity contribution in [1.29, 1.82) is 0 Å². The summed E-state index contributed by atoms with van der Waals surface area (Å²) in [7, 11) is 0. The molecule has 1 heterocycles. The fraction of sp³-hybridized carbons (Fsp3) is 0.750. The number of carbonyl (C=O) groups is 1.